The summed E-state index contributed by atoms with van der Waals surface area (Å²) in [7, 11) is 0. The molecule has 1 saturated heterocycles. The summed E-state index contributed by atoms with van der Waals surface area (Å²) in [4.78, 5) is 22.3. The van der Waals surface area contributed by atoms with E-state index in [-0.39, 0.29) is 26.4 Å². The predicted molar refractivity (Wildman–Crippen MR) is 74.7 cm³/mol. The van der Waals surface area contributed by atoms with Crippen LogP contribution >= 0.6 is 0 Å². The second kappa shape index (κ2) is 6.69. The Morgan fingerprint density at radius 1 is 1.38 bits per heavy atom. The number of rotatable bonds is 5. The first-order valence-corrected chi connectivity index (χ1v) is 6.71. The third-order valence-corrected chi connectivity index (χ3v) is 2.74. The minimum Gasteiger partial charge on any atom is -0.496 e. The van der Waals surface area contributed by atoms with Gasteiger partial charge in [-0.1, -0.05) is 6.58 Å². The first-order valence-electron chi connectivity index (χ1n) is 6.71. The molecule has 1 aliphatic rings. The van der Waals surface area contributed by atoms with Crippen molar-refractivity contribution in [2.75, 3.05) is 26.4 Å². The quantitative estimate of drug-likeness (QED) is 0.476. The summed E-state index contributed by atoms with van der Waals surface area (Å²) < 4.78 is 20.2. The number of cyclic esters (lactones) is 2. The normalized spacial score (nSPS) is 17.2. The summed E-state index contributed by atoms with van der Waals surface area (Å²) in [6.07, 6.45) is -1.19. The van der Waals surface area contributed by atoms with Crippen LogP contribution in [0.5, 0.6) is 0 Å². The molecular weight excluding hydrogens is 278 g/mol. The topological polar surface area (TPSA) is 83.1 Å². The van der Waals surface area contributed by atoms with Gasteiger partial charge in [0, 0.05) is 0 Å². The maximum Gasteiger partial charge on any atom is 0.508 e. The Bertz CT molecular complexity index is 402. The van der Waals surface area contributed by atoms with Gasteiger partial charge in [0.2, 0.25) is 0 Å². The van der Waals surface area contributed by atoms with Gasteiger partial charge in [-0.2, -0.15) is 0 Å². The van der Waals surface area contributed by atoms with Gasteiger partial charge < -0.3 is 24.3 Å². The highest BCUT2D eigenvalue weighted by atomic mass is 16.7. The van der Waals surface area contributed by atoms with Crippen LogP contribution < -0.4 is 5.32 Å². The second-order valence-electron chi connectivity index (χ2n) is 6.09. The molecule has 120 valence electrons. The highest BCUT2D eigenvalue weighted by molar-refractivity contribution is 5.67. The van der Waals surface area contributed by atoms with Crippen molar-refractivity contribution >= 4 is 12.2 Å². The molecule has 0 atom stereocenters. The largest absolute Gasteiger partial charge is 0.508 e. The Kier molecular flexibility index (Phi) is 5.46. The van der Waals surface area contributed by atoms with Crippen LogP contribution in [-0.4, -0.2) is 44.2 Å². The number of amides is 1. The van der Waals surface area contributed by atoms with Gasteiger partial charge in [-0.05, 0) is 27.7 Å². The SMILES string of the molecule is C=C(OCCNC(=O)OC(C)(C)C)C1(C)COC(=O)OC1. The van der Waals surface area contributed by atoms with Gasteiger partial charge in [-0.15, -0.1) is 0 Å². The summed E-state index contributed by atoms with van der Waals surface area (Å²) in [5.41, 5.74) is -1.12. The van der Waals surface area contributed by atoms with Crippen molar-refractivity contribution in [3.8, 4) is 0 Å². The van der Waals surface area contributed by atoms with Crippen molar-refractivity contribution in [3.63, 3.8) is 0 Å². The summed E-state index contributed by atoms with van der Waals surface area (Å²) in [5.74, 6) is 0.445. The number of hydrogen-bond donors (Lipinski definition) is 1. The molecule has 7 nitrogen and oxygen atoms in total. The Hall–Kier alpha value is -1.92. The number of nitrogens with one attached hydrogen (secondary N) is 1. The first kappa shape index (κ1) is 17.1. The highest BCUT2D eigenvalue weighted by Gasteiger charge is 2.37. The maximum atomic E-state index is 11.4. The van der Waals surface area contributed by atoms with E-state index >= 15 is 0 Å². The molecule has 0 bridgehead atoms. The van der Waals surface area contributed by atoms with Crippen LogP contribution in [0.1, 0.15) is 27.7 Å². The van der Waals surface area contributed by atoms with Crippen molar-refractivity contribution in [3.05, 3.63) is 12.3 Å². The van der Waals surface area contributed by atoms with Crippen LogP contribution in [0.4, 0.5) is 9.59 Å². The molecule has 21 heavy (non-hydrogen) atoms. The third kappa shape index (κ3) is 5.93. The molecule has 0 unspecified atom stereocenters. The lowest BCUT2D eigenvalue weighted by Gasteiger charge is -2.33. The van der Waals surface area contributed by atoms with Gasteiger partial charge in [0.15, 0.2) is 0 Å². The molecule has 1 rings (SSSR count). The smallest absolute Gasteiger partial charge is 0.496 e. The van der Waals surface area contributed by atoms with E-state index in [2.05, 4.69) is 11.9 Å². The van der Waals surface area contributed by atoms with E-state index in [1.807, 2.05) is 6.92 Å². The van der Waals surface area contributed by atoms with E-state index in [9.17, 15) is 9.59 Å². The second-order valence-corrected chi connectivity index (χ2v) is 6.09. The molecule has 1 amide bonds. The molecule has 0 aromatic rings. The van der Waals surface area contributed by atoms with Gasteiger partial charge in [0.25, 0.3) is 0 Å². The van der Waals surface area contributed by atoms with Crippen LogP contribution in [0.2, 0.25) is 0 Å². The van der Waals surface area contributed by atoms with Crippen molar-refractivity contribution < 1.29 is 28.5 Å². The van der Waals surface area contributed by atoms with E-state index in [0.29, 0.717) is 5.76 Å². The zero-order valence-electron chi connectivity index (χ0n) is 13.0. The van der Waals surface area contributed by atoms with Crippen LogP contribution in [0.15, 0.2) is 12.3 Å². The number of hydrogen-bond acceptors (Lipinski definition) is 6. The van der Waals surface area contributed by atoms with Gasteiger partial charge in [-0.3, -0.25) is 0 Å². The maximum absolute atomic E-state index is 11.4. The Morgan fingerprint density at radius 3 is 2.48 bits per heavy atom. The minimum absolute atomic E-state index is 0.157. The molecule has 0 aliphatic carbocycles. The number of carbonyl (C=O) groups is 2. The van der Waals surface area contributed by atoms with Crippen molar-refractivity contribution in [2.24, 2.45) is 5.41 Å². The molecule has 7 heteroatoms. The Labute approximate surface area is 124 Å². The van der Waals surface area contributed by atoms with E-state index < -0.39 is 23.3 Å². The summed E-state index contributed by atoms with van der Waals surface area (Å²) in [6, 6.07) is 0. The lowest BCUT2D eigenvalue weighted by Crippen LogP contribution is -2.39. The Morgan fingerprint density at radius 2 is 1.95 bits per heavy atom. The van der Waals surface area contributed by atoms with Crippen molar-refractivity contribution in [1.29, 1.82) is 0 Å². The average molecular weight is 301 g/mol. The van der Waals surface area contributed by atoms with E-state index in [4.69, 9.17) is 18.9 Å². The van der Waals surface area contributed by atoms with Crippen LogP contribution in [0.25, 0.3) is 0 Å². The van der Waals surface area contributed by atoms with E-state index in [0.717, 1.165) is 0 Å². The van der Waals surface area contributed by atoms with Crippen LogP contribution in [0, 0.1) is 5.41 Å². The van der Waals surface area contributed by atoms with Crippen molar-refractivity contribution in [2.45, 2.75) is 33.3 Å². The molecule has 0 radical (unpaired) electrons. The molecule has 0 spiro atoms. The monoisotopic (exact) mass is 301 g/mol. The highest BCUT2D eigenvalue weighted by Crippen LogP contribution is 2.30. The zero-order chi connectivity index (χ0) is 16.1. The standard InChI is InChI=1S/C14H23NO6/c1-10(14(5)8-19-12(17)20-9-14)18-7-6-15-11(16)21-13(2,3)4/h1,6-9H2,2-5H3,(H,15,16). The number of ether oxygens (including phenoxy) is 4. The number of alkyl carbamates (subject to hydrolysis) is 1. The zero-order valence-corrected chi connectivity index (χ0v) is 13.0. The Balaban J connectivity index is 2.25. The number of carbonyl (C=O) groups excluding carboxylic acids is 2. The van der Waals surface area contributed by atoms with Gasteiger partial charge in [0.05, 0.1) is 12.0 Å². The third-order valence-electron chi connectivity index (χ3n) is 2.74. The van der Waals surface area contributed by atoms with E-state index in [1.54, 1.807) is 20.8 Å². The fourth-order valence-corrected chi connectivity index (χ4v) is 1.50. The minimum atomic E-state index is -0.688. The lowest BCUT2D eigenvalue weighted by molar-refractivity contribution is -0.0571. The van der Waals surface area contributed by atoms with Crippen LogP contribution in [-0.2, 0) is 18.9 Å². The lowest BCUT2D eigenvalue weighted by atomic mass is 9.90. The summed E-state index contributed by atoms with van der Waals surface area (Å²) in [6.45, 7) is 11.8. The fourth-order valence-electron chi connectivity index (χ4n) is 1.50. The van der Waals surface area contributed by atoms with E-state index in [1.165, 1.54) is 0 Å². The molecule has 0 aromatic heterocycles. The molecule has 1 N–H and O–H groups in total. The summed E-state index contributed by atoms with van der Waals surface area (Å²) >= 11 is 0. The first-order chi connectivity index (χ1) is 9.62. The average Bonchev–Trinajstić information content (AvgIpc) is 2.36. The molecular formula is C14H23NO6. The van der Waals surface area contributed by atoms with Gasteiger partial charge in [-0.25, -0.2) is 9.59 Å². The molecule has 1 aliphatic heterocycles. The molecule has 0 saturated carbocycles. The molecule has 1 heterocycles. The summed E-state index contributed by atoms with van der Waals surface area (Å²) in [5, 5.41) is 2.57. The van der Waals surface area contributed by atoms with Gasteiger partial charge >= 0.3 is 12.2 Å². The van der Waals surface area contributed by atoms with Crippen LogP contribution in [0.3, 0.4) is 0 Å². The van der Waals surface area contributed by atoms with Gasteiger partial charge in [0.1, 0.15) is 31.2 Å². The molecule has 1 fully saturated rings. The molecule has 0 aromatic carbocycles. The van der Waals surface area contributed by atoms with Crippen molar-refractivity contribution in [1.82, 2.24) is 5.32 Å². The predicted octanol–water partition coefficient (Wildman–Crippen LogP) is 2.21. The fraction of sp³-hybridized carbons (Fsp3) is 0.714.